The third-order valence-electron chi connectivity index (χ3n) is 3.48. The highest BCUT2D eigenvalue weighted by Crippen LogP contribution is 2.29. The minimum Gasteiger partial charge on any atom is -0.469 e. The molecule has 4 nitrogen and oxygen atoms in total. The van der Waals surface area contributed by atoms with Crippen molar-refractivity contribution in [3.8, 4) is 5.88 Å². The van der Waals surface area contributed by atoms with Gasteiger partial charge in [-0.2, -0.15) is 4.37 Å². The lowest BCUT2D eigenvalue weighted by atomic mass is 10.1. The molecule has 1 aliphatic heterocycles. The van der Waals surface area contributed by atoms with Crippen LogP contribution in [-0.4, -0.2) is 46.1 Å². The number of alkyl halides is 3. The molecule has 0 spiro atoms. The van der Waals surface area contributed by atoms with Gasteiger partial charge in [-0.15, -0.1) is 4.37 Å². The molecule has 0 bridgehead atoms. The lowest BCUT2D eigenvalue weighted by Gasteiger charge is -2.23. The number of hydrogen-bond donors (Lipinski definition) is 0. The fourth-order valence-electron chi connectivity index (χ4n) is 2.23. The van der Waals surface area contributed by atoms with Gasteiger partial charge in [0.2, 0.25) is 0 Å². The smallest absolute Gasteiger partial charge is 0.281 e. The van der Waals surface area contributed by atoms with Gasteiger partial charge in [-0.05, 0) is 18.4 Å². The predicted octanol–water partition coefficient (Wildman–Crippen LogP) is 3.76. The number of rotatable bonds is 8. The van der Waals surface area contributed by atoms with Gasteiger partial charge in [0, 0.05) is 19.5 Å². The Morgan fingerprint density at radius 1 is 1.41 bits per heavy atom. The number of halogens is 3. The van der Waals surface area contributed by atoms with E-state index in [4.69, 9.17) is 4.74 Å². The summed E-state index contributed by atoms with van der Waals surface area (Å²) in [6.45, 7) is 1.66. The average Bonchev–Trinajstić information content (AvgIpc) is 3.00. The first-order valence-corrected chi connectivity index (χ1v) is 8.09. The Hall–Kier alpha value is -1.15. The molecule has 0 atom stereocenters. The quantitative estimate of drug-likeness (QED) is 0.678. The first-order chi connectivity index (χ1) is 10.6. The van der Waals surface area contributed by atoms with E-state index in [1.165, 1.54) is 0 Å². The van der Waals surface area contributed by atoms with Crippen molar-refractivity contribution >= 4 is 17.3 Å². The van der Waals surface area contributed by atoms with Crippen LogP contribution < -0.4 is 4.74 Å². The Balaban J connectivity index is 1.99. The van der Waals surface area contributed by atoms with Crippen molar-refractivity contribution in [2.45, 2.75) is 38.5 Å². The molecule has 124 valence electrons. The number of nitrogens with zero attached hydrogens (tertiary/aromatic N) is 3. The van der Waals surface area contributed by atoms with Gasteiger partial charge in [-0.3, -0.25) is 4.90 Å². The highest BCUT2D eigenvalue weighted by molar-refractivity contribution is 6.99. The predicted molar refractivity (Wildman–Crippen MR) is 80.0 cm³/mol. The molecule has 0 N–H and O–H groups in total. The van der Waals surface area contributed by atoms with E-state index in [-0.39, 0.29) is 12.3 Å². The molecule has 0 saturated heterocycles. The van der Waals surface area contributed by atoms with Crippen LogP contribution in [0.1, 0.15) is 38.3 Å². The lowest BCUT2D eigenvalue weighted by Crippen LogP contribution is -2.29. The van der Waals surface area contributed by atoms with Gasteiger partial charge < -0.3 is 4.74 Å². The standard InChI is InChI=1S/C14H20F3N3OS/c1-2-3-6-14(16,17)9-21-13-12(18-22-19-13)11-5-4-7-20(8-11)10-15/h5H,2-4,6-10H2,1H3. The van der Waals surface area contributed by atoms with Crippen LogP contribution in [0.5, 0.6) is 5.88 Å². The third kappa shape index (κ3) is 4.67. The van der Waals surface area contributed by atoms with Crippen LogP contribution in [0.25, 0.3) is 5.57 Å². The molecule has 0 fully saturated rings. The minimum atomic E-state index is -2.87. The molecule has 0 radical (unpaired) electrons. The summed E-state index contributed by atoms with van der Waals surface area (Å²) in [7, 11) is 0. The number of unbranched alkanes of at least 4 members (excludes halogenated alkanes) is 1. The van der Waals surface area contributed by atoms with Gasteiger partial charge >= 0.3 is 0 Å². The minimum absolute atomic E-state index is 0.119. The highest BCUT2D eigenvalue weighted by Gasteiger charge is 2.30. The molecule has 0 unspecified atom stereocenters. The fourth-order valence-corrected chi connectivity index (χ4v) is 2.76. The Labute approximate surface area is 132 Å². The van der Waals surface area contributed by atoms with Crippen molar-refractivity contribution in [3.05, 3.63) is 11.8 Å². The summed E-state index contributed by atoms with van der Waals surface area (Å²) in [5.74, 6) is -2.75. The summed E-state index contributed by atoms with van der Waals surface area (Å²) in [4.78, 5) is 1.62. The molecule has 0 aromatic carbocycles. The zero-order valence-electron chi connectivity index (χ0n) is 12.5. The summed E-state index contributed by atoms with van der Waals surface area (Å²) in [6, 6.07) is 0. The van der Waals surface area contributed by atoms with Gasteiger partial charge in [-0.25, -0.2) is 13.2 Å². The molecular formula is C14H20F3N3OS. The van der Waals surface area contributed by atoms with E-state index in [1.807, 2.05) is 13.0 Å². The van der Waals surface area contributed by atoms with Crippen LogP contribution in [0, 0.1) is 0 Å². The molecule has 2 heterocycles. The second kappa shape index (κ2) is 7.92. The van der Waals surface area contributed by atoms with Crippen molar-refractivity contribution in [2.24, 2.45) is 0 Å². The molecule has 0 amide bonds. The SMILES string of the molecule is CCCCC(F)(F)COc1nsnc1C1=CCCN(CF)C1. The number of ether oxygens (including phenoxy) is 1. The summed E-state index contributed by atoms with van der Waals surface area (Å²) in [5.41, 5.74) is 1.24. The fraction of sp³-hybridized carbons (Fsp3) is 0.714. The van der Waals surface area contributed by atoms with Gasteiger partial charge in [0.15, 0.2) is 6.61 Å². The van der Waals surface area contributed by atoms with Crippen molar-refractivity contribution in [2.75, 3.05) is 26.5 Å². The second-order valence-corrected chi connectivity index (χ2v) is 5.88. The molecular weight excluding hydrogens is 315 g/mol. The van der Waals surface area contributed by atoms with Crippen LogP contribution in [0.3, 0.4) is 0 Å². The van der Waals surface area contributed by atoms with Crippen LogP contribution >= 0.6 is 11.7 Å². The van der Waals surface area contributed by atoms with E-state index in [2.05, 4.69) is 8.75 Å². The zero-order valence-corrected chi connectivity index (χ0v) is 13.3. The topological polar surface area (TPSA) is 38.3 Å². The average molecular weight is 335 g/mol. The maximum atomic E-state index is 13.7. The third-order valence-corrected chi connectivity index (χ3v) is 3.99. The van der Waals surface area contributed by atoms with Crippen LogP contribution in [-0.2, 0) is 0 Å². The Bertz CT molecular complexity index is 507. The highest BCUT2D eigenvalue weighted by atomic mass is 32.1. The maximum Gasteiger partial charge on any atom is 0.281 e. The Kier molecular flexibility index (Phi) is 6.19. The maximum absolute atomic E-state index is 13.7. The molecule has 0 saturated carbocycles. The summed E-state index contributed by atoms with van der Waals surface area (Å²) in [5, 5.41) is 0. The molecule has 1 aliphatic rings. The molecule has 1 aromatic rings. The Morgan fingerprint density at radius 3 is 2.95 bits per heavy atom. The van der Waals surface area contributed by atoms with Crippen LogP contribution in [0.4, 0.5) is 13.2 Å². The van der Waals surface area contributed by atoms with Gasteiger partial charge in [0.05, 0.1) is 11.7 Å². The first kappa shape index (κ1) is 17.2. The van der Waals surface area contributed by atoms with Crippen molar-refractivity contribution < 1.29 is 17.9 Å². The number of aromatic nitrogens is 2. The van der Waals surface area contributed by atoms with Crippen molar-refractivity contribution in [3.63, 3.8) is 0 Å². The molecule has 8 heteroatoms. The summed E-state index contributed by atoms with van der Waals surface area (Å²) < 4.78 is 53.3. The second-order valence-electron chi connectivity index (χ2n) is 5.36. The van der Waals surface area contributed by atoms with Crippen molar-refractivity contribution in [1.82, 2.24) is 13.6 Å². The normalized spacial score (nSPS) is 16.6. The van der Waals surface area contributed by atoms with Crippen LogP contribution in [0.15, 0.2) is 6.08 Å². The number of hydrogen-bond acceptors (Lipinski definition) is 5. The summed E-state index contributed by atoms with van der Waals surface area (Å²) >= 11 is 0.914. The van der Waals surface area contributed by atoms with E-state index in [9.17, 15) is 13.2 Å². The largest absolute Gasteiger partial charge is 0.469 e. The first-order valence-electron chi connectivity index (χ1n) is 7.36. The molecule has 1 aromatic heterocycles. The van der Waals surface area contributed by atoms with Gasteiger partial charge in [0.1, 0.15) is 12.5 Å². The van der Waals surface area contributed by atoms with E-state index in [1.54, 1.807) is 4.90 Å². The van der Waals surface area contributed by atoms with E-state index in [0.29, 0.717) is 38.0 Å². The monoisotopic (exact) mass is 335 g/mol. The van der Waals surface area contributed by atoms with E-state index < -0.39 is 19.3 Å². The molecule has 2 rings (SSSR count). The molecule has 0 aliphatic carbocycles. The van der Waals surface area contributed by atoms with Crippen LogP contribution in [0.2, 0.25) is 0 Å². The van der Waals surface area contributed by atoms with Crippen molar-refractivity contribution in [1.29, 1.82) is 0 Å². The molecule has 22 heavy (non-hydrogen) atoms. The Morgan fingerprint density at radius 2 is 2.23 bits per heavy atom. The van der Waals surface area contributed by atoms with E-state index >= 15 is 0 Å². The van der Waals surface area contributed by atoms with Gasteiger partial charge in [-0.1, -0.05) is 19.4 Å². The van der Waals surface area contributed by atoms with E-state index in [0.717, 1.165) is 17.3 Å². The lowest BCUT2D eigenvalue weighted by molar-refractivity contribution is -0.0501. The zero-order chi connectivity index (χ0) is 16.0. The summed E-state index contributed by atoms with van der Waals surface area (Å²) in [6.07, 6.45) is 3.60. The van der Waals surface area contributed by atoms with Gasteiger partial charge in [0.25, 0.3) is 11.8 Å².